The van der Waals surface area contributed by atoms with Gasteiger partial charge < -0.3 is 22.3 Å². The Morgan fingerprint density at radius 3 is 1.18 bits per heavy atom. The first-order valence-electron chi connectivity index (χ1n) is 7.31. The lowest BCUT2D eigenvalue weighted by Crippen LogP contribution is -2.12. The quantitative estimate of drug-likeness (QED) is 0.549. The summed E-state index contributed by atoms with van der Waals surface area (Å²) in [5.41, 5.74) is 13.8. The van der Waals surface area contributed by atoms with Crippen molar-refractivity contribution in [1.82, 2.24) is 0 Å². The molecular weight excluding hydrogens is 272 g/mol. The van der Waals surface area contributed by atoms with E-state index < -0.39 is 0 Å². The van der Waals surface area contributed by atoms with Crippen LogP contribution in [0.3, 0.4) is 0 Å². The molecule has 4 heteroatoms. The Balaban J connectivity index is 0.000000166. The maximum Gasteiger partial charge on any atom is 0.0313 e. The third-order valence-electron chi connectivity index (χ3n) is 2.98. The first kappa shape index (κ1) is 17.4. The molecule has 0 unspecified atom stereocenters. The lowest BCUT2D eigenvalue weighted by molar-refractivity contribution is 0.863. The zero-order chi connectivity index (χ0) is 16.2. The van der Waals surface area contributed by atoms with Crippen LogP contribution in [0.2, 0.25) is 0 Å². The number of benzene rings is 2. The molecule has 0 aromatic heterocycles. The molecule has 0 saturated heterocycles. The number of para-hydroxylation sites is 2. The van der Waals surface area contributed by atoms with Gasteiger partial charge in [-0.15, -0.1) is 0 Å². The second-order valence-corrected chi connectivity index (χ2v) is 5.06. The van der Waals surface area contributed by atoms with Crippen molar-refractivity contribution in [3.8, 4) is 0 Å². The van der Waals surface area contributed by atoms with Crippen LogP contribution in [0.1, 0.15) is 25.7 Å². The van der Waals surface area contributed by atoms with Crippen LogP contribution in [0, 0.1) is 10.8 Å². The largest absolute Gasteiger partial charge is 0.399 e. The van der Waals surface area contributed by atoms with E-state index in [0.717, 1.165) is 42.1 Å². The fourth-order valence-corrected chi connectivity index (χ4v) is 1.86. The molecule has 2 aromatic carbocycles. The van der Waals surface area contributed by atoms with E-state index in [9.17, 15) is 0 Å². The van der Waals surface area contributed by atoms with Gasteiger partial charge in [-0.25, -0.2) is 0 Å². The number of hydrogen-bond acceptors (Lipinski definition) is 4. The van der Waals surface area contributed by atoms with Crippen molar-refractivity contribution in [1.29, 1.82) is 10.8 Å². The average Bonchev–Trinajstić information content (AvgIpc) is 2.50. The molecule has 0 aliphatic heterocycles. The van der Waals surface area contributed by atoms with E-state index in [2.05, 4.69) is 0 Å². The fraction of sp³-hybridized carbons (Fsp3) is 0.222. The third kappa shape index (κ3) is 8.53. The summed E-state index contributed by atoms with van der Waals surface area (Å²) < 4.78 is 0. The molecule has 0 atom stereocenters. The number of hydrogen-bond donors (Lipinski definition) is 4. The maximum absolute atomic E-state index is 7.18. The molecule has 0 bridgehead atoms. The summed E-state index contributed by atoms with van der Waals surface area (Å²) in [6.07, 6.45) is 3.50. The van der Waals surface area contributed by atoms with Gasteiger partial charge in [-0.2, -0.15) is 0 Å². The van der Waals surface area contributed by atoms with Gasteiger partial charge in [-0.05, 0) is 43.5 Å². The Morgan fingerprint density at radius 2 is 1.00 bits per heavy atom. The maximum atomic E-state index is 7.18. The van der Waals surface area contributed by atoms with E-state index in [1.807, 2.05) is 60.7 Å². The van der Waals surface area contributed by atoms with Crippen LogP contribution in [-0.4, -0.2) is 11.4 Å². The summed E-state index contributed by atoms with van der Waals surface area (Å²) >= 11 is 0. The number of nitrogen functional groups attached to an aromatic ring is 2. The minimum Gasteiger partial charge on any atom is -0.399 e. The highest BCUT2D eigenvalue weighted by molar-refractivity contribution is 6.03. The lowest BCUT2D eigenvalue weighted by Gasteiger charge is -2.10. The van der Waals surface area contributed by atoms with E-state index in [0.29, 0.717) is 6.42 Å². The van der Waals surface area contributed by atoms with Gasteiger partial charge in [-0.3, -0.25) is 0 Å². The molecule has 3 rings (SSSR count). The van der Waals surface area contributed by atoms with Crippen molar-refractivity contribution >= 4 is 22.8 Å². The van der Waals surface area contributed by atoms with Crippen LogP contribution < -0.4 is 11.5 Å². The molecule has 1 aliphatic carbocycles. The standard InChI is InChI=1S/C6H10N2.2C6H7N/c7-5-2-1-3-6(8)4-5;2*7-6-4-2-1-3-5-6/h7-8H,1-4H2;2*1-5H,7H2. The van der Waals surface area contributed by atoms with E-state index in [-0.39, 0.29) is 0 Å². The molecular formula is C18H24N4. The Hall–Kier alpha value is -2.62. The van der Waals surface area contributed by atoms with E-state index in [4.69, 9.17) is 22.3 Å². The van der Waals surface area contributed by atoms with Crippen molar-refractivity contribution in [2.75, 3.05) is 11.5 Å². The average molecular weight is 296 g/mol. The molecule has 0 spiro atoms. The van der Waals surface area contributed by atoms with Crippen LogP contribution >= 0.6 is 0 Å². The summed E-state index contributed by atoms with van der Waals surface area (Å²) in [6, 6.07) is 19.0. The van der Waals surface area contributed by atoms with E-state index in [1.165, 1.54) is 0 Å². The first-order chi connectivity index (χ1) is 10.6. The Labute approximate surface area is 132 Å². The molecule has 2 aromatic rings. The number of rotatable bonds is 0. The number of nitrogens with two attached hydrogens (primary N) is 2. The molecule has 0 heterocycles. The SMILES string of the molecule is N=C1CCCC(=N)C1.Nc1ccccc1.Nc1ccccc1. The van der Waals surface area contributed by atoms with Crippen LogP contribution in [0.4, 0.5) is 11.4 Å². The second-order valence-electron chi connectivity index (χ2n) is 5.06. The summed E-state index contributed by atoms with van der Waals surface area (Å²) in [5, 5.41) is 14.4. The molecule has 1 fully saturated rings. The zero-order valence-corrected chi connectivity index (χ0v) is 12.8. The highest BCUT2D eigenvalue weighted by Gasteiger charge is 2.08. The second kappa shape index (κ2) is 10.2. The van der Waals surface area contributed by atoms with Crippen LogP contribution in [0.25, 0.3) is 0 Å². The van der Waals surface area contributed by atoms with Gasteiger partial charge in [0.05, 0.1) is 0 Å². The van der Waals surface area contributed by atoms with Gasteiger partial charge in [0, 0.05) is 29.2 Å². The highest BCUT2D eigenvalue weighted by atomic mass is 14.5. The van der Waals surface area contributed by atoms with Crippen LogP contribution in [0.15, 0.2) is 60.7 Å². The van der Waals surface area contributed by atoms with Gasteiger partial charge in [-0.1, -0.05) is 36.4 Å². The smallest absolute Gasteiger partial charge is 0.0313 e. The van der Waals surface area contributed by atoms with Crippen molar-refractivity contribution in [3.63, 3.8) is 0 Å². The molecule has 22 heavy (non-hydrogen) atoms. The summed E-state index contributed by atoms with van der Waals surface area (Å²) in [5.74, 6) is 0. The Bertz CT molecular complexity index is 513. The van der Waals surface area contributed by atoms with E-state index >= 15 is 0 Å². The van der Waals surface area contributed by atoms with Crippen molar-refractivity contribution in [3.05, 3.63) is 60.7 Å². The van der Waals surface area contributed by atoms with Gasteiger partial charge in [0.25, 0.3) is 0 Å². The molecule has 1 saturated carbocycles. The third-order valence-corrected chi connectivity index (χ3v) is 2.98. The summed E-state index contributed by atoms with van der Waals surface area (Å²) in [6.45, 7) is 0. The molecule has 1 aliphatic rings. The normalized spacial score (nSPS) is 13.3. The highest BCUT2D eigenvalue weighted by Crippen LogP contribution is 2.09. The van der Waals surface area contributed by atoms with Crippen molar-refractivity contribution in [2.24, 2.45) is 0 Å². The van der Waals surface area contributed by atoms with Crippen molar-refractivity contribution in [2.45, 2.75) is 25.7 Å². The van der Waals surface area contributed by atoms with E-state index in [1.54, 1.807) is 0 Å². The zero-order valence-electron chi connectivity index (χ0n) is 12.8. The minimum atomic E-state index is 0.639. The monoisotopic (exact) mass is 296 g/mol. The molecule has 0 radical (unpaired) electrons. The van der Waals surface area contributed by atoms with Gasteiger partial charge in [0.2, 0.25) is 0 Å². The fourth-order valence-electron chi connectivity index (χ4n) is 1.86. The van der Waals surface area contributed by atoms with Crippen LogP contribution in [0.5, 0.6) is 0 Å². The lowest BCUT2D eigenvalue weighted by atomic mass is 9.97. The summed E-state index contributed by atoms with van der Waals surface area (Å²) in [7, 11) is 0. The molecule has 0 amide bonds. The molecule has 6 N–H and O–H groups in total. The predicted molar refractivity (Wildman–Crippen MR) is 95.6 cm³/mol. The minimum absolute atomic E-state index is 0.639. The molecule has 4 nitrogen and oxygen atoms in total. The number of anilines is 2. The Kier molecular flexibility index (Phi) is 8.05. The van der Waals surface area contributed by atoms with Crippen molar-refractivity contribution < 1.29 is 0 Å². The van der Waals surface area contributed by atoms with Gasteiger partial charge >= 0.3 is 0 Å². The topological polar surface area (TPSA) is 99.7 Å². The first-order valence-corrected chi connectivity index (χ1v) is 7.31. The van der Waals surface area contributed by atoms with Gasteiger partial charge in [0.15, 0.2) is 0 Å². The molecule has 116 valence electrons. The Morgan fingerprint density at radius 1 is 0.636 bits per heavy atom. The predicted octanol–water partition coefficient (Wildman–Crippen LogP) is 4.14. The summed E-state index contributed by atoms with van der Waals surface area (Å²) in [4.78, 5) is 0. The number of nitrogens with one attached hydrogen (secondary N) is 2. The van der Waals surface area contributed by atoms with Crippen LogP contribution in [-0.2, 0) is 0 Å². The van der Waals surface area contributed by atoms with Gasteiger partial charge in [0.1, 0.15) is 0 Å².